The molecule has 4 rings (SSSR count). The van der Waals surface area contributed by atoms with Crippen molar-refractivity contribution in [1.82, 2.24) is 19.5 Å². The van der Waals surface area contributed by atoms with Gasteiger partial charge in [-0.05, 0) is 48.4 Å². The van der Waals surface area contributed by atoms with Crippen molar-refractivity contribution >= 4 is 22.9 Å². The first-order valence-electron chi connectivity index (χ1n) is 9.89. The van der Waals surface area contributed by atoms with Crippen LogP contribution in [0.25, 0.3) is 11.3 Å². The number of nitrogens with zero attached hydrogens (tertiary/aromatic N) is 3. The zero-order valence-electron chi connectivity index (χ0n) is 19.3. The van der Waals surface area contributed by atoms with E-state index in [2.05, 4.69) is 32.3 Å². The molecule has 0 fully saturated rings. The molecule has 0 radical (unpaired) electrons. The van der Waals surface area contributed by atoms with E-state index in [1.807, 2.05) is 49.4 Å². The molecular formula is C24H27ClN4O4. The number of aromatic amines is 1. The van der Waals surface area contributed by atoms with Gasteiger partial charge in [0.2, 0.25) is 5.75 Å². The van der Waals surface area contributed by atoms with Gasteiger partial charge in [-0.25, -0.2) is 14.8 Å². The minimum absolute atomic E-state index is 0.202. The molecule has 0 saturated carbocycles. The lowest BCUT2D eigenvalue weighted by atomic mass is 10.2. The van der Waals surface area contributed by atoms with Gasteiger partial charge in [-0.1, -0.05) is 12.2 Å². The van der Waals surface area contributed by atoms with E-state index in [1.165, 1.54) is 6.38 Å². The fourth-order valence-electron chi connectivity index (χ4n) is 3.02. The predicted octanol–water partition coefficient (Wildman–Crippen LogP) is 4.20. The molecule has 3 aromatic rings. The number of H-pyrrole nitrogens is 1. The van der Waals surface area contributed by atoms with Crippen molar-refractivity contribution in [3.05, 3.63) is 82.3 Å². The molecule has 33 heavy (non-hydrogen) atoms. The quantitative estimate of drug-likeness (QED) is 0.444. The van der Waals surface area contributed by atoms with Gasteiger partial charge in [0, 0.05) is 18.8 Å². The molecule has 9 heteroatoms. The summed E-state index contributed by atoms with van der Waals surface area (Å²) in [5, 5.41) is 0. The molecule has 0 unspecified atom stereocenters. The number of rotatable bonds is 5. The Hall–Kier alpha value is -3.74. The molecule has 0 amide bonds. The number of aromatic nitrogens is 4. The number of ether oxygens (including phenoxy) is 3. The molecule has 0 saturated heterocycles. The number of methoxy groups -OCH3 is 3. The second kappa shape index (κ2) is 13.0. The first-order valence-corrected chi connectivity index (χ1v) is 10.6. The Morgan fingerprint density at radius 1 is 1.03 bits per heavy atom. The number of halogens is 1. The topological polar surface area (TPSA) is 91.3 Å². The van der Waals surface area contributed by atoms with Gasteiger partial charge in [0.1, 0.15) is 0 Å². The van der Waals surface area contributed by atoms with Crippen molar-refractivity contribution in [2.24, 2.45) is 0 Å². The van der Waals surface area contributed by atoms with Crippen LogP contribution in [0, 0.1) is 6.92 Å². The molecule has 0 aliphatic heterocycles. The summed E-state index contributed by atoms with van der Waals surface area (Å²) < 4.78 is 17.0. The van der Waals surface area contributed by atoms with Gasteiger partial charge < -0.3 is 14.2 Å². The molecule has 0 spiro atoms. The molecule has 1 aromatic carbocycles. The van der Waals surface area contributed by atoms with Gasteiger partial charge in [-0.15, -0.1) is 17.3 Å². The molecular weight excluding hydrogens is 444 g/mol. The Bertz CT molecular complexity index is 1230. The molecule has 174 valence electrons. The fraction of sp³-hybridized carbons (Fsp3) is 0.250. The maximum absolute atomic E-state index is 11.8. The van der Waals surface area contributed by atoms with Crippen LogP contribution in [0.2, 0.25) is 0 Å². The smallest absolute Gasteiger partial charge is 0.329 e. The molecule has 0 atom stereocenters. The van der Waals surface area contributed by atoms with Gasteiger partial charge in [0.15, 0.2) is 22.8 Å². The summed E-state index contributed by atoms with van der Waals surface area (Å²) in [5.41, 5.74) is 5.93. The zero-order chi connectivity index (χ0) is 24.2. The Morgan fingerprint density at radius 2 is 1.70 bits per heavy atom. The highest BCUT2D eigenvalue weighted by atomic mass is 35.5. The van der Waals surface area contributed by atoms with Crippen LogP contribution in [0.1, 0.15) is 5.56 Å². The van der Waals surface area contributed by atoms with E-state index in [4.69, 9.17) is 14.2 Å². The Labute approximate surface area is 197 Å². The minimum Gasteiger partial charge on any atom is -0.493 e. The lowest BCUT2D eigenvalue weighted by Gasteiger charge is -2.12. The summed E-state index contributed by atoms with van der Waals surface area (Å²) >= 11 is 4.64. The SMILES string of the molecule is CCl.COc1cc(C)cc(OC)c1OC.O=c1[nH]c2nccnc2n1CC1=CC=C=CC=C1. The predicted molar refractivity (Wildman–Crippen MR) is 131 cm³/mol. The molecule has 1 N–H and O–H groups in total. The van der Waals surface area contributed by atoms with E-state index >= 15 is 0 Å². The summed E-state index contributed by atoms with van der Waals surface area (Å²) in [6, 6.07) is 3.81. The van der Waals surface area contributed by atoms with Crippen molar-refractivity contribution < 1.29 is 14.2 Å². The van der Waals surface area contributed by atoms with E-state index in [9.17, 15) is 4.79 Å². The van der Waals surface area contributed by atoms with Crippen LogP contribution in [0.3, 0.4) is 0 Å². The molecule has 1 aliphatic rings. The highest BCUT2D eigenvalue weighted by molar-refractivity contribution is 6.15. The lowest BCUT2D eigenvalue weighted by Crippen LogP contribution is -2.17. The Morgan fingerprint density at radius 3 is 2.33 bits per heavy atom. The van der Waals surface area contributed by atoms with Gasteiger partial charge in [0.05, 0.1) is 27.9 Å². The maximum atomic E-state index is 11.8. The molecule has 2 heterocycles. The summed E-state index contributed by atoms with van der Waals surface area (Å²) in [4.78, 5) is 22.8. The highest BCUT2D eigenvalue weighted by Crippen LogP contribution is 2.37. The first-order chi connectivity index (χ1) is 16.1. The number of fused-ring (bicyclic) bond motifs is 1. The van der Waals surface area contributed by atoms with E-state index in [-0.39, 0.29) is 5.69 Å². The minimum atomic E-state index is -0.202. The van der Waals surface area contributed by atoms with Gasteiger partial charge >= 0.3 is 5.69 Å². The lowest BCUT2D eigenvalue weighted by molar-refractivity contribution is 0.324. The van der Waals surface area contributed by atoms with Crippen molar-refractivity contribution in [2.45, 2.75) is 13.5 Å². The van der Waals surface area contributed by atoms with Crippen LogP contribution in [0.15, 0.2) is 71.0 Å². The number of aryl methyl sites for hydroxylation is 1. The van der Waals surface area contributed by atoms with Crippen LogP contribution >= 0.6 is 11.6 Å². The van der Waals surface area contributed by atoms with Crippen LogP contribution in [0.4, 0.5) is 0 Å². The van der Waals surface area contributed by atoms with Crippen LogP contribution in [-0.2, 0) is 6.54 Å². The van der Waals surface area contributed by atoms with Crippen molar-refractivity contribution in [1.29, 1.82) is 0 Å². The molecule has 8 nitrogen and oxygen atoms in total. The number of hydrogen-bond acceptors (Lipinski definition) is 6. The third-order valence-corrected chi connectivity index (χ3v) is 4.45. The maximum Gasteiger partial charge on any atom is 0.329 e. The number of hydrogen-bond donors (Lipinski definition) is 1. The first kappa shape index (κ1) is 25.5. The third-order valence-electron chi connectivity index (χ3n) is 4.45. The van der Waals surface area contributed by atoms with Crippen molar-refractivity contribution in [3.8, 4) is 17.2 Å². The summed E-state index contributed by atoms with van der Waals surface area (Å²) in [5.74, 6) is 2.02. The normalized spacial score (nSPS) is 11.5. The van der Waals surface area contributed by atoms with E-state index in [0.29, 0.717) is 35.1 Å². The van der Waals surface area contributed by atoms with E-state index in [1.54, 1.807) is 38.3 Å². The Kier molecular flexibility index (Phi) is 10.0. The van der Waals surface area contributed by atoms with Gasteiger partial charge in [-0.3, -0.25) is 9.55 Å². The number of allylic oxidation sites excluding steroid dienone is 5. The number of alkyl halides is 1. The summed E-state index contributed by atoms with van der Waals surface area (Å²) in [6.45, 7) is 2.44. The summed E-state index contributed by atoms with van der Waals surface area (Å²) in [6.07, 6.45) is 14.0. The van der Waals surface area contributed by atoms with Gasteiger partial charge in [-0.2, -0.15) is 0 Å². The zero-order valence-corrected chi connectivity index (χ0v) is 20.0. The molecule has 0 bridgehead atoms. The van der Waals surface area contributed by atoms with E-state index in [0.717, 1.165) is 11.1 Å². The average Bonchev–Trinajstić information content (AvgIpc) is 2.99. The van der Waals surface area contributed by atoms with Crippen LogP contribution in [0.5, 0.6) is 17.2 Å². The number of nitrogens with one attached hydrogen (secondary N) is 1. The average molecular weight is 471 g/mol. The van der Waals surface area contributed by atoms with Crippen molar-refractivity contribution in [3.63, 3.8) is 0 Å². The monoisotopic (exact) mass is 470 g/mol. The van der Waals surface area contributed by atoms with Crippen LogP contribution in [-0.4, -0.2) is 47.2 Å². The van der Waals surface area contributed by atoms with Crippen LogP contribution < -0.4 is 19.9 Å². The van der Waals surface area contributed by atoms with E-state index < -0.39 is 0 Å². The number of imidazole rings is 1. The summed E-state index contributed by atoms with van der Waals surface area (Å²) in [7, 11) is 4.81. The Balaban J connectivity index is 0.000000228. The second-order valence-corrected chi connectivity index (χ2v) is 6.55. The van der Waals surface area contributed by atoms with Crippen molar-refractivity contribution in [2.75, 3.05) is 27.7 Å². The van der Waals surface area contributed by atoms with Gasteiger partial charge in [0.25, 0.3) is 0 Å². The highest BCUT2D eigenvalue weighted by Gasteiger charge is 2.11. The number of benzene rings is 1. The third kappa shape index (κ3) is 6.62. The molecule has 1 aliphatic carbocycles. The largest absolute Gasteiger partial charge is 0.493 e. The fourth-order valence-corrected chi connectivity index (χ4v) is 3.02. The standard InChI is InChI=1S/C13H10N4O.C10H14O3.CH3Cl/c18-13-16-11-12(15-8-7-14-11)17(13)9-10-5-3-1-2-4-6-10;1-7-5-8(11-2)10(13-4)9(6-7)12-3;1-2/h1,3-8H,9H2,(H,14,16,18);5-6H,1-4H3;1H3. The second-order valence-electron chi connectivity index (χ2n) is 6.55. The molecule has 2 aromatic heterocycles.